The number of nitrogens with zero attached hydrogens (tertiary/aromatic N) is 1. The molecule has 104 valence electrons. The van der Waals surface area contributed by atoms with Gasteiger partial charge in [0.15, 0.2) is 0 Å². The lowest BCUT2D eigenvalue weighted by molar-refractivity contribution is -0.144. The van der Waals surface area contributed by atoms with E-state index in [4.69, 9.17) is 9.84 Å². The summed E-state index contributed by atoms with van der Waals surface area (Å²) in [5, 5.41) is 9.14. The Morgan fingerprint density at radius 1 is 1.39 bits per heavy atom. The second-order valence-electron chi connectivity index (χ2n) is 6.00. The predicted octanol–water partition coefficient (Wildman–Crippen LogP) is 1.99. The van der Waals surface area contributed by atoms with Crippen molar-refractivity contribution in [2.45, 2.75) is 51.7 Å². The first kappa shape index (κ1) is 13.8. The van der Waals surface area contributed by atoms with E-state index in [1.165, 1.54) is 0 Å². The summed E-state index contributed by atoms with van der Waals surface area (Å²) in [6, 6.07) is 0.522. The summed E-state index contributed by atoms with van der Waals surface area (Å²) in [7, 11) is 0. The summed E-state index contributed by atoms with van der Waals surface area (Å²) in [6.07, 6.45) is 4.30. The molecule has 2 fully saturated rings. The Hall–Kier alpha value is -0.610. The SMILES string of the molecule is CC(C)C1CC(N2CCCC(C(=O)O)C2)CCO1. The first-order chi connectivity index (χ1) is 8.58. The van der Waals surface area contributed by atoms with Crippen molar-refractivity contribution in [2.24, 2.45) is 11.8 Å². The average molecular weight is 255 g/mol. The molecule has 0 bridgehead atoms. The largest absolute Gasteiger partial charge is 0.481 e. The molecule has 0 saturated carbocycles. The van der Waals surface area contributed by atoms with Crippen LogP contribution in [0, 0.1) is 11.8 Å². The van der Waals surface area contributed by atoms with Gasteiger partial charge in [-0.15, -0.1) is 0 Å². The molecular formula is C14H25NO3. The number of carbonyl (C=O) groups is 1. The van der Waals surface area contributed by atoms with Crippen LogP contribution in [-0.2, 0) is 9.53 Å². The topological polar surface area (TPSA) is 49.8 Å². The third kappa shape index (κ3) is 3.23. The number of hydrogen-bond acceptors (Lipinski definition) is 3. The van der Waals surface area contributed by atoms with Crippen molar-refractivity contribution in [2.75, 3.05) is 19.7 Å². The smallest absolute Gasteiger partial charge is 0.307 e. The maximum absolute atomic E-state index is 11.1. The Kier molecular flexibility index (Phi) is 4.62. The Labute approximate surface area is 109 Å². The second kappa shape index (κ2) is 6.02. The van der Waals surface area contributed by atoms with Crippen LogP contribution in [0.3, 0.4) is 0 Å². The minimum absolute atomic E-state index is 0.168. The van der Waals surface area contributed by atoms with Crippen LogP contribution >= 0.6 is 0 Å². The summed E-state index contributed by atoms with van der Waals surface area (Å²) in [4.78, 5) is 13.5. The highest BCUT2D eigenvalue weighted by Crippen LogP contribution is 2.27. The van der Waals surface area contributed by atoms with E-state index in [-0.39, 0.29) is 5.92 Å². The van der Waals surface area contributed by atoms with E-state index in [1.54, 1.807) is 0 Å². The molecule has 3 unspecified atom stereocenters. The molecule has 0 aromatic rings. The third-order valence-electron chi connectivity index (χ3n) is 4.35. The molecule has 3 atom stereocenters. The van der Waals surface area contributed by atoms with Gasteiger partial charge in [-0.25, -0.2) is 0 Å². The highest BCUT2D eigenvalue weighted by Gasteiger charge is 2.33. The molecule has 2 aliphatic heterocycles. The third-order valence-corrected chi connectivity index (χ3v) is 4.35. The lowest BCUT2D eigenvalue weighted by atomic mass is 9.91. The average Bonchev–Trinajstić information content (AvgIpc) is 2.39. The molecule has 2 rings (SSSR count). The van der Waals surface area contributed by atoms with Gasteiger partial charge >= 0.3 is 5.97 Å². The van der Waals surface area contributed by atoms with Gasteiger partial charge in [0, 0.05) is 19.2 Å². The van der Waals surface area contributed by atoms with Crippen LogP contribution in [0.5, 0.6) is 0 Å². The van der Waals surface area contributed by atoms with Gasteiger partial charge in [0.05, 0.1) is 12.0 Å². The highest BCUT2D eigenvalue weighted by molar-refractivity contribution is 5.70. The van der Waals surface area contributed by atoms with Crippen molar-refractivity contribution in [1.82, 2.24) is 4.90 Å². The molecule has 2 saturated heterocycles. The number of carboxylic acid groups (broad SMARTS) is 1. The van der Waals surface area contributed by atoms with Crippen molar-refractivity contribution in [3.05, 3.63) is 0 Å². The zero-order valence-electron chi connectivity index (χ0n) is 11.5. The van der Waals surface area contributed by atoms with E-state index < -0.39 is 5.97 Å². The number of rotatable bonds is 3. The van der Waals surface area contributed by atoms with Crippen molar-refractivity contribution in [3.63, 3.8) is 0 Å². The zero-order chi connectivity index (χ0) is 13.1. The molecular weight excluding hydrogens is 230 g/mol. The summed E-state index contributed by atoms with van der Waals surface area (Å²) in [6.45, 7) is 7.00. The second-order valence-corrected chi connectivity index (χ2v) is 6.00. The Morgan fingerprint density at radius 3 is 2.83 bits per heavy atom. The van der Waals surface area contributed by atoms with Crippen LogP contribution < -0.4 is 0 Å². The van der Waals surface area contributed by atoms with E-state index in [0.29, 0.717) is 18.1 Å². The van der Waals surface area contributed by atoms with Gasteiger partial charge in [0.1, 0.15) is 0 Å². The van der Waals surface area contributed by atoms with E-state index >= 15 is 0 Å². The first-order valence-electron chi connectivity index (χ1n) is 7.16. The quantitative estimate of drug-likeness (QED) is 0.838. The Bertz CT molecular complexity index is 293. The van der Waals surface area contributed by atoms with Gasteiger partial charge in [-0.2, -0.15) is 0 Å². The monoisotopic (exact) mass is 255 g/mol. The van der Waals surface area contributed by atoms with Crippen LogP contribution in [0.1, 0.15) is 39.5 Å². The van der Waals surface area contributed by atoms with Crippen LogP contribution in [0.2, 0.25) is 0 Å². The molecule has 4 heteroatoms. The van der Waals surface area contributed by atoms with E-state index in [9.17, 15) is 4.79 Å². The molecule has 18 heavy (non-hydrogen) atoms. The number of ether oxygens (including phenoxy) is 1. The van der Waals surface area contributed by atoms with E-state index in [0.717, 1.165) is 45.4 Å². The van der Waals surface area contributed by atoms with Crippen molar-refractivity contribution in [1.29, 1.82) is 0 Å². The number of aliphatic carboxylic acids is 1. The van der Waals surface area contributed by atoms with Crippen LogP contribution in [0.4, 0.5) is 0 Å². The molecule has 0 aliphatic carbocycles. The number of carboxylic acids is 1. The van der Waals surface area contributed by atoms with Crippen molar-refractivity contribution >= 4 is 5.97 Å². The summed E-state index contributed by atoms with van der Waals surface area (Å²) in [5.41, 5.74) is 0. The molecule has 0 aromatic carbocycles. The molecule has 2 aliphatic rings. The molecule has 2 heterocycles. The first-order valence-corrected chi connectivity index (χ1v) is 7.16. The number of hydrogen-bond donors (Lipinski definition) is 1. The fourth-order valence-corrected chi connectivity index (χ4v) is 3.15. The van der Waals surface area contributed by atoms with Gasteiger partial charge in [0.25, 0.3) is 0 Å². The maximum Gasteiger partial charge on any atom is 0.307 e. The fourth-order valence-electron chi connectivity index (χ4n) is 3.15. The van der Waals surface area contributed by atoms with Crippen molar-refractivity contribution in [3.8, 4) is 0 Å². The fraction of sp³-hybridized carbons (Fsp3) is 0.929. The standard InChI is InChI=1S/C14H25NO3/c1-10(2)13-8-12(5-7-18-13)15-6-3-4-11(9-15)14(16)17/h10-13H,3-9H2,1-2H3,(H,16,17). The minimum atomic E-state index is -0.632. The Balaban J connectivity index is 1.92. The summed E-state index contributed by atoms with van der Waals surface area (Å²) in [5.74, 6) is -0.251. The molecule has 0 spiro atoms. The zero-order valence-corrected chi connectivity index (χ0v) is 11.5. The molecule has 0 radical (unpaired) electrons. The number of likely N-dealkylation sites (tertiary alicyclic amines) is 1. The van der Waals surface area contributed by atoms with Gasteiger partial charge in [-0.3, -0.25) is 9.69 Å². The van der Waals surface area contributed by atoms with Crippen LogP contribution in [0.15, 0.2) is 0 Å². The van der Waals surface area contributed by atoms with E-state index in [1.807, 2.05) is 0 Å². The van der Waals surface area contributed by atoms with E-state index in [2.05, 4.69) is 18.7 Å². The van der Waals surface area contributed by atoms with Gasteiger partial charge < -0.3 is 9.84 Å². The van der Waals surface area contributed by atoms with Crippen molar-refractivity contribution < 1.29 is 14.6 Å². The van der Waals surface area contributed by atoms with Crippen LogP contribution in [-0.4, -0.2) is 47.8 Å². The lowest BCUT2D eigenvalue weighted by Crippen LogP contribution is -2.49. The molecule has 4 nitrogen and oxygen atoms in total. The Morgan fingerprint density at radius 2 is 2.17 bits per heavy atom. The van der Waals surface area contributed by atoms with Gasteiger partial charge in [0.2, 0.25) is 0 Å². The minimum Gasteiger partial charge on any atom is -0.481 e. The van der Waals surface area contributed by atoms with Crippen LogP contribution in [0.25, 0.3) is 0 Å². The maximum atomic E-state index is 11.1. The highest BCUT2D eigenvalue weighted by atomic mass is 16.5. The molecule has 1 N–H and O–H groups in total. The summed E-state index contributed by atoms with van der Waals surface area (Å²) >= 11 is 0. The van der Waals surface area contributed by atoms with Gasteiger partial charge in [-0.05, 0) is 38.1 Å². The predicted molar refractivity (Wildman–Crippen MR) is 69.5 cm³/mol. The van der Waals surface area contributed by atoms with Gasteiger partial charge in [-0.1, -0.05) is 13.8 Å². The summed E-state index contributed by atoms with van der Waals surface area (Å²) < 4.78 is 5.79. The molecule has 0 amide bonds. The lowest BCUT2D eigenvalue weighted by Gasteiger charge is -2.41. The normalized spacial score (nSPS) is 34.7. The number of piperidine rings is 1. The molecule has 0 aromatic heterocycles.